The summed E-state index contributed by atoms with van der Waals surface area (Å²) in [6.07, 6.45) is 2.84. The molecule has 0 bridgehead atoms. The minimum absolute atomic E-state index is 0.00418. The van der Waals surface area contributed by atoms with E-state index in [1.54, 1.807) is 0 Å². The highest BCUT2D eigenvalue weighted by atomic mass is 16.7. The Balaban J connectivity index is 1.33. The molecule has 4 atom stereocenters. The number of likely N-dealkylation sites (tertiary alicyclic amines) is 1. The summed E-state index contributed by atoms with van der Waals surface area (Å²) in [6, 6.07) is 24.1. The zero-order chi connectivity index (χ0) is 30.2. The first-order valence-electron chi connectivity index (χ1n) is 15.3. The molecule has 2 heterocycles. The van der Waals surface area contributed by atoms with Gasteiger partial charge in [-0.25, -0.2) is 0 Å². The summed E-state index contributed by atoms with van der Waals surface area (Å²) >= 11 is 0. The highest BCUT2D eigenvalue weighted by molar-refractivity contribution is 5.80. The van der Waals surface area contributed by atoms with Crippen molar-refractivity contribution in [1.29, 1.82) is 0 Å². The number of benzene rings is 3. The molecule has 2 aliphatic heterocycles. The third kappa shape index (κ3) is 8.09. The fourth-order valence-electron chi connectivity index (χ4n) is 6.00. The van der Waals surface area contributed by atoms with Crippen LogP contribution in [0, 0.1) is 5.92 Å². The topological polar surface area (TPSA) is 108 Å². The number of ether oxygens (including phenoxy) is 2. The summed E-state index contributed by atoms with van der Waals surface area (Å²) in [5.74, 6) is -1.12. The molecule has 0 spiro atoms. The van der Waals surface area contributed by atoms with Crippen LogP contribution in [0.5, 0.6) is 0 Å². The SMILES string of the molecule is C[C@@H]1[C@H](CN2CCCCC2)O[C@H](c2ccc(-c3ccccc3CNC(=O)CCC(=O)O)cc2)O[C@@H]1c1ccc(CO)cc1. The Hall–Kier alpha value is -3.56. The lowest BCUT2D eigenvalue weighted by Gasteiger charge is -2.43. The zero-order valence-corrected chi connectivity index (χ0v) is 24.8. The molecule has 5 rings (SSSR count). The first kappa shape index (κ1) is 30.9. The number of nitrogens with one attached hydrogen (secondary N) is 1. The van der Waals surface area contributed by atoms with Crippen molar-refractivity contribution in [3.8, 4) is 11.1 Å². The van der Waals surface area contributed by atoms with Gasteiger partial charge in [0.1, 0.15) is 0 Å². The number of nitrogens with zero attached hydrogens (tertiary/aromatic N) is 1. The highest BCUT2D eigenvalue weighted by Gasteiger charge is 2.39. The van der Waals surface area contributed by atoms with Crippen LogP contribution in [0.3, 0.4) is 0 Å². The van der Waals surface area contributed by atoms with Crippen molar-refractivity contribution in [3.05, 3.63) is 95.1 Å². The average molecular weight is 587 g/mol. The van der Waals surface area contributed by atoms with Crippen molar-refractivity contribution in [2.45, 2.75) is 70.7 Å². The lowest BCUT2D eigenvalue weighted by molar-refractivity contribution is -0.276. The normalized spacial score (nSPS) is 22.7. The van der Waals surface area contributed by atoms with E-state index >= 15 is 0 Å². The largest absolute Gasteiger partial charge is 0.481 e. The maximum Gasteiger partial charge on any atom is 0.303 e. The average Bonchev–Trinajstić information content (AvgIpc) is 3.04. The number of aliphatic carboxylic acids is 1. The van der Waals surface area contributed by atoms with Gasteiger partial charge in [0.15, 0.2) is 6.29 Å². The van der Waals surface area contributed by atoms with E-state index in [1.807, 2.05) is 60.7 Å². The van der Waals surface area contributed by atoms with Crippen LogP contribution in [-0.4, -0.2) is 52.7 Å². The predicted octanol–water partition coefficient (Wildman–Crippen LogP) is 5.60. The Labute approximate surface area is 253 Å². The Morgan fingerprint density at radius 1 is 0.884 bits per heavy atom. The van der Waals surface area contributed by atoms with E-state index in [2.05, 4.69) is 29.3 Å². The third-order valence-corrected chi connectivity index (χ3v) is 8.56. The summed E-state index contributed by atoms with van der Waals surface area (Å²) < 4.78 is 13.3. The number of carbonyl (C=O) groups excluding carboxylic acids is 1. The number of carboxylic acid groups (broad SMARTS) is 1. The van der Waals surface area contributed by atoms with E-state index in [1.165, 1.54) is 19.3 Å². The number of carbonyl (C=O) groups is 2. The van der Waals surface area contributed by atoms with Crippen LogP contribution in [-0.2, 0) is 32.2 Å². The molecule has 0 saturated carbocycles. The molecule has 3 aromatic rings. The second-order valence-corrected chi connectivity index (χ2v) is 11.6. The van der Waals surface area contributed by atoms with Gasteiger partial charge in [0.05, 0.1) is 25.2 Å². The fraction of sp³-hybridized carbons (Fsp3) is 0.429. The number of amides is 1. The van der Waals surface area contributed by atoms with E-state index < -0.39 is 12.3 Å². The van der Waals surface area contributed by atoms with Crippen LogP contribution in [0.1, 0.15) is 73.7 Å². The molecule has 8 heteroatoms. The van der Waals surface area contributed by atoms with Crippen molar-refractivity contribution >= 4 is 11.9 Å². The maximum absolute atomic E-state index is 12.1. The molecule has 0 aromatic heterocycles. The van der Waals surface area contributed by atoms with E-state index in [0.717, 1.165) is 53.0 Å². The minimum atomic E-state index is -0.986. The number of hydrogen-bond donors (Lipinski definition) is 3. The van der Waals surface area contributed by atoms with Gasteiger partial charge >= 0.3 is 5.97 Å². The number of aliphatic hydroxyl groups excluding tert-OH is 1. The second kappa shape index (κ2) is 14.8. The van der Waals surface area contributed by atoms with E-state index in [9.17, 15) is 14.7 Å². The minimum Gasteiger partial charge on any atom is -0.481 e. The number of carboxylic acids is 1. The fourth-order valence-corrected chi connectivity index (χ4v) is 6.00. The van der Waals surface area contributed by atoms with Gasteiger partial charge in [0.2, 0.25) is 5.91 Å². The van der Waals surface area contributed by atoms with Crippen molar-refractivity contribution < 1.29 is 29.3 Å². The molecule has 8 nitrogen and oxygen atoms in total. The number of aliphatic hydroxyl groups is 1. The number of piperidine rings is 1. The quantitative estimate of drug-likeness (QED) is 0.268. The molecular weight excluding hydrogens is 544 g/mol. The molecule has 1 amide bonds. The summed E-state index contributed by atoms with van der Waals surface area (Å²) in [6.45, 7) is 5.60. The van der Waals surface area contributed by atoms with Gasteiger partial charge in [-0.1, -0.05) is 86.1 Å². The van der Waals surface area contributed by atoms with Crippen molar-refractivity contribution in [3.63, 3.8) is 0 Å². The van der Waals surface area contributed by atoms with Crippen LogP contribution in [0.25, 0.3) is 11.1 Å². The molecule has 0 unspecified atom stereocenters. The van der Waals surface area contributed by atoms with E-state index in [-0.39, 0.29) is 43.5 Å². The van der Waals surface area contributed by atoms with Gasteiger partial charge in [-0.05, 0) is 53.7 Å². The molecule has 0 radical (unpaired) electrons. The van der Waals surface area contributed by atoms with Crippen LogP contribution >= 0.6 is 0 Å². The molecule has 0 aliphatic carbocycles. The zero-order valence-electron chi connectivity index (χ0n) is 24.8. The molecule has 228 valence electrons. The highest BCUT2D eigenvalue weighted by Crippen LogP contribution is 2.42. The van der Waals surface area contributed by atoms with Crippen molar-refractivity contribution in [1.82, 2.24) is 10.2 Å². The van der Waals surface area contributed by atoms with Crippen molar-refractivity contribution in [2.75, 3.05) is 19.6 Å². The molecule has 43 heavy (non-hydrogen) atoms. The summed E-state index contributed by atoms with van der Waals surface area (Å²) in [5, 5.41) is 21.2. The monoisotopic (exact) mass is 586 g/mol. The first-order chi connectivity index (χ1) is 20.9. The number of rotatable bonds is 11. The smallest absolute Gasteiger partial charge is 0.303 e. The van der Waals surface area contributed by atoms with Crippen LogP contribution < -0.4 is 5.32 Å². The van der Waals surface area contributed by atoms with Gasteiger partial charge in [0, 0.05) is 31.0 Å². The lowest BCUT2D eigenvalue weighted by atomic mass is 9.89. The molecule has 3 aromatic carbocycles. The molecule has 2 saturated heterocycles. The van der Waals surface area contributed by atoms with Gasteiger partial charge in [-0.3, -0.25) is 9.59 Å². The molecule has 2 aliphatic rings. The molecule has 2 fully saturated rings. The Kier molecular flexibility index (Phi) is 10.6. The van der Waals surface area contributed by atoms with E-state index in [0.29, 0.717) is 6.54 Å². The van der Waals surface area contributed by atoms with Gasteiger partial charge < -0.3 is 29.9 Å². The molecular formula is C35H42N2O6. The van der Waals surface area contributed by atoms with Crippen LogP contribution in [0.2, 0.25) is 0 Å². The van der Waals surface area contributed by atoms with Gasteiger partial charge in [-0.2, -0.15) is 0 Å². The van der Waals surface area contributed by atoms with Gasteiger partial charge in [-0.15, -0.1) is 0 Å². The molecule has 3 N–H and O–H groups in total. The summed E-state index contributed by atoms with van der Waals surface area (Å²) in [7, 11) is 0. The maximum atomic E-state index is 12.1. The van der Waals surface area contributed by atoms with Crippen LogP contribution in [0.15, 0.2) is 72.8 Å². The van der Waals surface area contributed by atoms with Crippen molar-refractivity contribution in [2.24, 2.45) is 5.92 Å². The Bertz CT molecular complexity index is 1350. The Morgan fingerprint density at radius 2 is 1.58 bits per heavy atom. The Morgan fingerprint density at radius 3 is 2.28 bits per heavy atom. The standard InChI is InChI=1S/C35H42N2O6/c1-24-31(22-37-19-5-2-6-20-37)42-35(43-34(24)27-11-9-25(23-38)10-12-27)28-15-13-26(14-16-28)30-8-4-3-7-29(30)21-36-32(39)17-18-33(40)41/h3-4,7-16,24,31,34-35,38H,2,5-6,17-23H2,1H3,(H,36,39)(H,40,41)/t24-,31+,34+,35+/m1/s1. The second-order valence-electron chi connectivity index (χ2n) is 11.6. The third-order valence-electron chi connectivity index (χ3n) is 8.56. The summed E-state index contributed by atoms with van der Waals surface area (Å²) in [5.41, 5.74) is 5.85. The first-order valence-corrected chi connectivity index (χ1v) is 15.3. The van der Waals surface area contributed by atoms with Gasteiger partial charge in [0.25, 0.3) is 0 Å². The van der Waals surface area contributed by atoms with E-state index in [4.69, 9.17) is 14.6 Å². The van der Waals surface area contributed by atoms with Crippen LogP contribution in [0.4, 0.5) is 0 Å². The predicted molar refractivity (Wildman–Crippen MR) is 164 cm³/mol. The number of hydrogen-bond acceptors (Lipinski definition) is 6. The lowest BCUT2D eigenvalue weighted by Crippen LogP contribution is -2.45. The summed E-state index contributed by atoms with van der Waals surface area (Å²) in [4.78, 5) is 25.4.